The van der Waals surface area contributed by atoms with E-state index in [2.05, 4.69) is 10.6 Å². The highest BCUT2D eigenvalue weighted by atomic mass is 16.6. The predicted octanol–water partition coefficient (Wildman–Crippen LogP) is 0.851. The van der Waals surface area contributed by atoms with Crippen LogP contribution >= 0.6 is 0 Å². The molecule has 0 aromatic rings. The fourth-order valence-electron chi connectivity index (χ4n) is 2.24. The van der Waals surface area contributed by atoms with E-state index in [0.717, 1.165) is 12.8 Å². The molecule has 0 radical (unpaired) electrons. The highest BCUT2D eigenvalue weighted by molar-refractivity contribution is 5.97. The van der Waals surface area contributed by atoms with E-state index in [1.165, 1.54) is 0 Å². The third kappa shape index (κ3) is 3.72. The molecule has 1 spiro atoms. The maximum absolute atomic E-state index is 11.8. The molecule has 2 rings (SSSR count). The Balaban J connectivity index is 1.95. The first kappa shape index (κ1) is 14.8. The zero-order valence-electron chi connectivity index (χ0n) is 12.2. The van der Waals surface area contributed by atoms with Crippen LogP contribution in [0.15, 0.2) is 11.6 Å². The van der Waals surface area contributed by atoms with Crippen LogP contribution in [-0.2, 0) is 9.53 Å². The molecule has 112 valence electrons. The fraction of sp³-hybridized carbons (Fsp3) is 0.714. The lowest BCUT2D eigenvalue weighted by molar-refractivity contribution is -0.116. The SMILES string of the molecule is CC(C)(C)OC(=O)N[C@@H](C=C1CC2(CC2)NC1=O)CO. The summed E-state index contributed by atoms with van der Waals surface area (Å²) in [5.74, 6) is -0.105. The van der Waals surface area contributed by atoms with Crippen molar-refractivity contribution in [2.75, 3.05) is 6.61 Å². The van der Waals surface area contributed by atoms with Crippen molar-refractivity contribution in [3.05, 3.63) is 11.6 Å². The summed E-state index contributed by atoms with van der Waals surface area (Å²) in [5, 5.41) is 14.8. The van der Waals surface area contributed by atoms with E-state index in [0.29, 0.717) is 12.0 Å². The van der Waals surface area contributed by atoms with Crippen LogP contribution in [0.1, 0.15) is 40.0 Å². The molecule has 1 saturated carbocycles. The zero-order chi connectivity index (χ0) is 15.0. The summed E-state index contributed by atoms with van der Waals surface area (Å²) >= 11 is 0. The van der Waals surface area contributed by atoms with Crippen LogP contribution < -0.4 is 10.6 Å². The normalized spacial score (nSPS) is 23.6. The largest absolute Gasteiger partial charge is 0.444 e. The Morgan fingerprint density at radius 1 is 1.55 bits per heavy atom. The molecule has 1 saturated heterocycles. The molecule has 1 atom stereocenters. The topological polar surface area (TPSA) is 87.7 Å². The number of hydrogen-bond acceptors (Lipinski definition) is 4. The average Bonchev–Trinajstić information content (AvgIpc) is 2.96. The molecule has 2 fully saturated rings. The van der Waals surface area contributed by atoms with Crippen LogP contribution in [0.25, 0.3) is 0 Å². The van der Waals surface area contributed by atoms with Crippen molar-refractivity contribution in [2.24, 2.45) is 0 Å². The van der Waals surface area contributed by atoms with Crippen molar-refractivity contribution in [2.45, 2.75) is 57.2 Å². The van der Waals surface area contributed by atoms with Gasteiger partial charge in [0.2, 0.25) is 5.91 Å². The lowest BCUT2D eigenvalue weighted by Crippen LogP contribution is -2.40. The van der Waals surface area contributed by atoms with E-state index < -0.39 is 17.7 Å². The van der Waals surface area contributed by atoms with Gasteiger partial charge in [-0.25, -0.2) is 4.79 Å². The maximum Gasteiger partial charge on any atom is 0.408 e. The van der Waals surface area contributed by atoms with Crippen LogP contribution in [0.4, 0.5) is 4.79 Å². The molecule has 2 amide bonds. The van der Waals surface area contributed by atoms with Gasteiger partial charge in [0, 0.05) is 17.5 Å². The molecule has 3 N–H and O–H groups in total. The maximum atomic E-state index is 11.8. The van der Waals surface area contributed by atoms with E-state index in [-0.39, 0.29) is 18.1 Å². The standard InChI is InChI=1S/C14H22N2O4/c1-13(2,3)20-12(19)15-10(8-17)6-9-7-14(4-5-14)16-11(9)18/h6,10,17H,4-5,7-8H2,1-3H3,(H,15,19)(H,16,18)/t10-/m0/s1. The molecule has 6 heteroatoms. The first-order valence-electron chi connectivity index (χ1n) is 6.87. The summed E-state index contributed by atoms with van der Waals surface area (Å²) < 4.78 is 5.12. The van der Waals surface area contributed by atoms with Crippen LogP contribution in [0, 0.1) is 0 Å². The summed E-state index contributed by atoms with van der Waals surface area (Å²) in [6.45, 7) is 5.02. The van der Waals surface area contributed by atoms with Gasteiger partial charge in [0.25, 0.3) is 0 Å². The molecule has 1 aliphatic carbocycles. The van der Waals surface area contributed by atoms with E-state index in [4.69, 9.17) is 4.74 Å². The second-order valence-electron chi connectivity index (χ2n) is 6.54. The first-order valence-corrected chi connectivity index (χ1v) is 6.87. The van der Waals surface area contributed by atoms with Gasteiger partial charge in [-0.1, -0.05) is 6.08 Å². The Morgan fingerprint density at radius 3 is 2.65 bits per heavy atom. The molecular formula is C14H22N2O4. The smallest absolute Gasteiger partial charge is 0.408 e. The molecule has 1 aliphatic heterocycles. The van der Waals surface area contributed by atoms with Crippen molar-refractivity contribution < 1.29 is 19.4 Å². The molecule has 0 bridgehead atoms. The van der Waals surface area contributed by atoms with Gasteiger partial charge >= 0.3 is 6.09 Å². The summed E-state index contributed by atoms with van der Waals surface area (Å²) in [4.78, 5) is 23.4. The third-order valence-electron chi connectivity index (χ3n) is 3.35. The number of ether oxygens (including phenoxy) is 1. The van der Waals surface area contributed by atoms with Gasteiger partial charge in [0.1, 0.15) is 5.60 Å². The first-order chi connectivity index (χ1) is 9.23. The summed E-state index contributed by atoms with van der Waals surface area (Å²) in [6, 6.07) is -0.612. The Kier molecular flexibility index (Phi) is 3.77. The second-order valence-corrected chi connectivity index (χ2v) is 6.54. The van der Waals surface area contributed by atoms with Gasteiger partial charge in [-0.2, -0.15) is 0 Å². The highest BCUT2D eigenvalue weighted by Gasteiger charge is 2.50. The third-order valence-corrected chi connectivity index (χ3v) is 3.35. The lowest BCUT2D eigenvalue weighted by Gasteiger charge is -2.21. The van der Waals surface area contributed by atoms with Gasteiger partial charge < -0.3 is 20.5 Å². The Bertz CT molecular complexity index is 447. The van der Waals surface area contributed by atoms with Gasteiger partial charge in [-0.3, -0.25) is 4.79 Å². The van der Waals surface area contributed by atoms with E-state index >= 15 is 0 Å². The van der Waals surface area contributed by atoms with Crippen LogP contribution in [0.5, 0.6) is 0 Å². The van der Waals surface area contributed by atoms with Crippen molar-refractivity contribution in [3.63, 3.8) is 0 Å². The molecule has 0 aromatic heterocycles. The summed E-state index contributed by atoms with van der Waals surface area (Å²) in [6.07, 6.45) is 3.68. The van der Waals surface area contributed by atoms with Crippen LogP contribution in [0.2, 0.25) is 0 Å². The Hall–Kier alpha value is -1.56. The Morgan fingerprint density at radius 2 is 2.20 bits per heavy atom. The van der Waals surface area contributed by atoms with Crippen molar-refractivity contribution in [1.29, 1.82) is 0 Å². The monoisotopic (exact) mass is 282 g/mol. The number of nitrogens with one attached hydrogen (secondary N) is 2. The predicted molar refractivity (Wildman–Crippen MR) is 73.1 cm³/mol. The Labute approximate surface area is 118 Å². The average molecular weight is 282 g/mol. The van der Waals surface area contributed by atoms with Gasteiger partial charge in [0.05, 0.1) is 12.6 Å². The molecule has 0 aromatic carbocycles. The molecular weight excluding hydrogens is 260 g/mol. The molecule has 6 nitrogen and oxygen atoms in total. The lowest BCUT2D eigenvalue weighted by atomic mass is 10.1. The molecule has 2 aliphatic rings. The minimum atomic E-state index is -0.612. The highest BCUT2D eigenvalue weighted by Crippen LogP contribution is 2.44. The van der Waals surface area contributed by atoms with Gasteiger partial charge in [0.15, 0.2) is 0 Å². The number of rotatable bonds is 3. The minimum Gasteiger partial charge on any atom is -0.444 e. The number of hydrogen-bond donors (Lipinski definition) is 3. The molecule has 0 unspecified atom stereocenters. The van der Waals surface area contributed by atoms with Gasteiger partial charge in [-0.15, -0.1) is 0 Å². The number of aliphatic hydroxyl groups is 1. The number of amides is 2. The summed E-state index contributed by atoms with van der Waals surface area (Å²) in [5.41, 5.74) is -0.0212. The fourth-order valence-corrected chi connectivity index (χ4v) is 2.24. The number of aliphatic hydroxyl groups excluding tert-OH is 1. The summed E-state index contributed by atoms with van der Waals surface area (Å²) in [7, 11) is 0. The van der Waals surface area contributed by atoms with Crippen LogP contribution in [-0.4, -0.2) is 40.9 Å². The number of carbonyl (C=O) groups is 2. The quantitative estimate of drug-likeness (QED) is 0.670. The van der Waals surface area contributed by atoms with Crippen molar-refractivity contribution in [3.8, 4) is 0 Å². The van der Waals surface area contributed by atoms with E-state index in [1.807, 2.05) is 0 Å². The zero-order valence-corrected chi connectivity index (χ0v) is 12.2. The van der Waals surface area contributed by atoms with Gasteiger partial charge in [-0.05, 0) is 33.6 Å². The van der Waals surface area contributed by atoms with E-state index in [1.54, 1.807) is 26.8 Å². The molecule has 20 heavy (non-hydrogen) atoms. The number of carbonyl (C=O) groups excluding carboxylic acids is 2. The van der Waals surface area contributed by atoms with Crippen molar-refractivity contribution in [1.82, 2.24) is 10.6 Å². The minimum absolute atomic E-state index is 0.0468. The van der Waals surface area contributed by atoms with E-state index in [9.17, 15) is 14.7 Å². The second kappa shape index (κ2) is 5.09. The molecule has 1 heterocycles. The van der Waals surface area contributed by atoms with Crippen LogP contribution in [0.3, 0.4) is 0 Å². The number of alkyl carbamates (subject to hydrolysis) is 1. The van der Waals surface area contributed by atoms with Crippen molar-refractivity contribution >= 4 is 12.0 Å².